The lowest BCUT2D eigenvalue weighted by atomic mass is 10.1. The molecule has 1 heterocycles. The number of rotatable bonds is 7. The quantitative estimate of drug-likeness (QED) is 0.728. The largest absolute Gasteiger partial charge is 0.348 e. The van der Waals surface area contributed by atoms with E-state index in [9.17, 15) is 18.4 Å². The van der Waals surface area contributed by atoms with Crippen molar-refractivity contribution in [3.05, 3.63) is 65.7 Å². The van der Waals surface area contributed by atoms with Crippen molar-refractivity contribution in [3.63, 3.8) is 0 Å². The second-order valence-corrected chi connectivity index (χ2v) is 7.45. The molecule has 0 aromatic heterocycles. The molecule has 2 aromatic carbocycles. The van der Waals surface area contributed by atoms with Gasteiger partial charge in [0, 0.05) is 31.9 Å². The average molecular weight is 416 g/mol. The van der Waals surface area contributed by atoms with E-state index in [0.717, 1.165) is 5.56 Å². The highest BCUT2D eigenvalue weighted by Crippen LogP contribution is 2.13. The third-order valence-electron chi connectivity index (χ3n) is 5.07. The molecule has 0 aliphatic carbocycles. The highest BCUT2D eigenvalue weighted by Gasteiger charge is 2.21. The summed E-state index contributed by atoms with van der Waals surface area (Å²) in [6.45, 7) is 5.11. The van der Waals surface area contributed by atoms with Crippen LogP contribution in [0.3, 0.4) is 0 Å². The van der Waals surface area contributed by atoms with Crippen molar-refractivity contribution in [3.8, 4) is 0 Å². The van der Waals surface area contributed by atoms with Gasteiger partial charge < -0.3 is 10.6 Å². The fraction of sp³-hybridized carbons (Fsp3) is 0.364. The lowest BCUT2D eigenvalue weighted by Gasteiger charge is -2.34. The molecule has 1 saturated heterocycles. The Labute approximate surface area is 174 Å². The van der Waals surface area contributed by atoms with E-state index < -0.39 is 0 Å². The number of anilines is 1. The minimum absolute atomic E-state index is 0.0886. The molecule has 2 amide bonds. The maximum Gasteiger partial charge on any atom is 0.238 e. The second-order valence-electron chi connectivity index (χ2n) is 7.45. The van der Waals surface area contributed by atoms with Crippen LogP contribution in [-0.2, 0) is 9.59 Å². The van der Waals surface area contributed by atoms with Crippen LogP contribution < -0.4 is 10.6 Å². The van der Waals surface area contributed by atoms with E-state index in [1.165, 1.54) is 36.4 Å². The predicted octanol–water partition coefficient (Wildman–Crippen LogP) is 2.40. The molecule has 0 bridgehead atoms. The van der Waals surface area contributed by atoms with Crippen LogP contribution >= 0.6 is 0 Å². The first-order valence-corrected chi connectivity index (χ1v) is 9.94. The predicted molar refractivity (Wildman–Crippen MR) is 111 cm³/mol. The van der Waals surface area contributed by atoms with Crippen LogP contribution in [0.2, 0.25) is 0 Å². The Hall–Kier alpha value is -2.84. The molecule has 160 valence electrons. The number of benzene rings is 2. The smallest absolute Gasteiger partial charge is 0.238 e. The number of hydrogen-bond donors (Lipinski definition) is 2. The van der Waals surface area contributed by atoms with Crippen molar-refractivity contribution < 1.29 is 18.4 Å². The monoisotopic (exact) mass is 416 g/mol. The van der Waals surface area contributed by atoms with E-state index >= 15 is 0 Å². The number of piperazine rings is 1. The standard InChI is InChI=1S/C22H26F2N4O2/c1-16(17-2-4-18(23)5-3-17)25-21(29)14-27-10-12-28(13-11-27)15-22(30)26-20-8-6-19(24)7-9-20/h2-9,16H,10-15H2,1H3,(H,25,29)(H,26,30). The molecular weight excluding hydrogens is 390 g/mol. The first-order valence-electron chi connectivity index (χ1n) is 9.94. The van der Waals surface area contributed by atoms with Crippen molar-refractivity contribution in [2.45, 2.75) is 13.0 Å². The Morgan fingerprint density at radius 2 is 1.30 bits per heavy atom. The molecule has 1 fully saturated rings. The van der Waals surface area contributed by atoms with Gasteiger partial charge in [-0.1, -0.05) is 12.1 Å². The van der Waals surface area contributed by atoms with E-state index in [1.807, 2.05) is 16.7 Å². The topological polar surface area (TPSA) is 64.7 Å². The maximum absolute atomic E-state index is 13.0. The Bertz CT molecular complexity index is 850. The Morgan fingerprint density at radius 1 is 0.833 bits per heavy atom. The molecule has 1 atom stereocenters. The van der Waals surface area contributed by atoms with Gasteiger partial charge in [0.15, 0.2) is 0 Å². The number of nitrogens with one attached hydrogen (secondary N) is 2. The van der Waals surface area contributed by atoms with Gasteiger partial charge in [0.25, 0.3) is 0 Å². The molecule has 6 nitrogen and oxygen atoms in total. The SMILES string of the molecule is CC(NC(=O)CN1CCN(CC(=O)Nc2ccc(F)cc2)CC1)c1ccc(F)cc1. The fourth-order valence-electron chi connectivity index (χ4n) is 3.37. The van der Waals surface area contributed by atoms with Gasteiger partial charge in [0.1, 0.15) is 11.6 Å². The van der Waals surface area contributed by atoms with Crippen LogP contribution in [0.5, 0.6) is 0 Å². The number of carbonyl (C=O) groups excluding carboxylic acids is 2. The number of hydrogen-bond acceptors (Lipinski definition) is 4. The molecule has 0 spiro atoms. The first-order chi connectivity index (χ1) is 14.4. The molecule has 30 heavy (non-hydrogen) atoms. The summed E-state index contributed by atoms with van der Waals surface area (Å²) in [6, 6.07) is 11.5. The lowest BCUT2D eigenvalue weighted by Crippen LogP contribution is -2.51. The summed E-state index contributed by atoms with van der Waals surface area (Å²) in [6.07, 6.45) is 0. The van der Waals surface area contributed by atoms with Crippen LogP contribution in [-0.4, -0.2) is 60.9 Å². The molecule has 2 N–H and O–H groups in total. The van der Waals surface area contributed by atoms with Crippen molar-refractivity contribution in [2.75, 3.05) is 44.6 Å². The molecule has 1 unspecified atom stereocenters. The first kappa shape index (κ1) is 21.9. The molecule has 8 heteroatoms. The third-order valence-corrected chi connectivity index (χ3v) is 5.07. The Kier molecular flexibility index (Phi) is 7.48. The average Bonchev–Trinajstić information content (AvgIpc) is 2.71. The van der Waals surface area contributed by atoms with E-state index in [-0.39, 0.29) is 42.6 Å². The van der Waals surface area contributed by atoms with E-state index in [2.05, 4.69) is 10.6 Å². The van der Waals surface area contributed by atoms with E-state index in [4.69, 9.17) is 0 Å². The fourth-order valence-corrected chi connectivity index (χ4v) is 3.37. The van der Waals surface area contributed by atoms with Gasteiger partial charge in [-0.3, -0.25) is 19.4 Å². The van der Waals surface area contributed by atoms with Crippen LogP contribution in [0.1, 0.15) is 18.5 Å². The van der Waals surface area contributed by atoms with Crippen LogP contribution in [0, 0.1) is 11.6 Å². The Morgan fingerprint density at radius 3 is 1.83 bits per heavy atom. The summed E-state index contributed by atoms with van der Waals surface area (Å²) in [5, 5.41) is 5.68. The lowest BCUT2D eigenvalue weighted by molar-refractivity contribution is -0.124. The Balaban J connectivity index is 1.37. The van der Waals surface area contributed by atoms with E-state index in [0.29, 0.717) is 31.9 Å². The van der Waals surface area contributed by atoms with Crippen LogP contribution in [0.15, 0.2) is 48.5 Å². The van der Waals surface area contributed by atoms with Gasteiger partial charge >= 0.3 is 0 Å². The van der Waals surface area contributed by atoms with Crippen molar-refractivity contribution >= 4 is 17.5 Å². The van der Waals surface area contributed by atoms with Crippen molar-refractivity contribution in [1.82, 2.24) is 15.1 Å². The molecule has 1 aliphatic heterocycles. The number of halogens is 2. The number of nitrogens with zero attached hydrogens (tertiary/aromatic N) is 2. The minimum atomic E-state index is -0.347. The molecule has 0 radical (unpaired) electrons. The third kappa shape index (κ3) is 6.60. The summed E-state index contributed by atoms with van der Waals surface area (Å²) in [7, 11) is 0. The van der Waals surface area contributed by atoms with Gasteiger partial charge in [0.2, 0.25) is 11.8 Å². The van der Waals surface area contributed by atoms with Gasteiger partial charge in [-0.15, -0.1) is 0 Å². The summed E-state index contributed by atoms with van der Waals surface area (Å²) in [5.74, 6) is -0.892. The molecule has 1 aliphatic rings. The summed E-state index contributed by atoms with van der Waals surface area (Å²) >= 11 is 0. The van der Waals surface area contributed by atoms with Gasteiger partial charge in [0.05, 0.1) is 19.1 Å². The van der Waals surface area contributed by atoms with Crippen LogP contribution in [0.25, 0.3) is 0 Å². The molecule has 2 aromatic rings. The number of amides is 2. The molecule has 3 rings (SSSR count). The zero-order chi connectivity index (χ0) is 21.5. The number of carbonyl (C=O) groups is 2. The highest BCUT2D eigenvalue weighted by molar-refractivity contribution is 5.92. The normalized spacial score (nSPS) is 16.1. The zero-order valence-electron chi connectivity index (χ0n) is 16.9. The summed E-state index contributed by atoms with van der Waals surface area (Å²) in [5.41, 5.74) is 1.41. The summed E-state index contributed by atoms with van der Waals surface area (Å²) in [4.78, 5) is 28.5. The van der Waals surface area contributed by atoms with Gasteiger partial charge in [-0.05, 0) is 48.9 Å². The summed E-state index contributed by atoms with van der Waals surface area (Å²) < 4.78 is 25.9. The molecule has 0 saturated carbocycles. The molecular formula is C22H26F2N4O2. The second kappa shape index (κ2) is 10.3. The van der Waals surface area contributed by atoms with Crippen molar-refractivity contribution in [1.29, 1.82) is 0 Å². The minimum Gasteiger partial charge on any atom is -0.348 e. The van der Waals surface area contributed by atoms with E-state index in [1.54, 1.807) is 12.1 Å². The van der Waals surface area contributed by atoms with Gasteiger partial charge in [-0.25, -0.2) is 8.78 Å². The zero-order valence-corrected chi connectivity index (χ0v) is 16.9. The van der Waals surface area contributed by atoms with Crippen molar-refractivity contribution in [2.24, 2.45) is 0 Å². The maximum atomic E-state index is 13.0. The highest BCUT2D eigenvalue weighted by atomic mass is 19.1. The van der Waals surface area contributed by atoms with Crippen LogP contribution in [0.4, 0.5) is 14.5 Å². The van der Waals surface area contributed by atoms with Gasteiger partial charge in [-0.2, -0.15) is 0 Å².